The molecule has 3 nitrogen and oxygen atoms in total. The van der Waals surface area contributed by atoms with E-state index in [1.807, 2.05) is 38.1 Å². The minimum absolute atomic E-state index is 0.0724. The summed E-state index contributed by atoms with van der Waals surface area (Å²) in [5.74, 6) is -0.0724. The van der Waals surface area contributed by atoms with E-state index in [0.29, 0.717) is 0 Å². The van der Waals surface area contributed by atoms with Crippen molar-refractivity contribution in [3.05, 3.63) is 29.3 Å². The van der Waals surface area contributed by atoms with E-state index in [1.165, 1.54) is 11.8 Å². The average Bonchev–Trinajstić information content (AvgIpc) is 2.80. The molecule has 0 aliphatic carbocycles. The highest BCUT2D eigenvalue weighted by molar-refractivity contribution is 8.16. The summed E-state index contributed by atoms with van der Waals surface area (Å²) in [6.07, 6.45) is 0. The van der Waals surface area contributed by atoms with Crippen LogP contribution in [0.5, 0.6) is 0 Å². The zero-order valence-corrected chi connectivity index (χ0v) is 11.1. The van der Waals surface area contributed by atoms with Gasteiger partial charge in [-0.2, -0.15) is 0 Å². The molecule has 3 rings (SSSR count). The summed E-state index contributed by atoms with van der Waals surface area (Å²) < 4.78 is 0.677. The van der Waals surface area contributed by atoms with Gasteiger partial charge in [-0.3, -0.25) is 4.79 Å². The van der Waals surface area contributed by atoms with Crippen LogP contribution < -0.4 is 0 Å². The van der Waals surface area contributed by atoms with Crippen LogP contribution in [0.3, 0.4) is 0 Å². The third-order valence-corrected chi connectivity index (χ3v) is 4.88. The van der Waals surface area contributed by atoms with E-state index in [1.54, 1.807) is 11.3 Å². The molecule has 0 unspecified atom stereocenters. The van der Waals surface area contributed by atoms with Gasteiger partial charge in [0.15, 0.2) is 0 Å². The van der Waals surface area contributed by atoms with E-state index in [9.17, 15) is 4.79 Å². The van der Waals surface area contributed by atoms with Gasteiger partial charge in [0.2, 0.25) is 0 Å². The Bertz CT molecular complexity index is 610. The Hall–Kier alpha value is -1.20. The van der Waals surface area contributed by atoms with Gasteiger partial charge < -0.3 is 0 Å². The van der Waals surface area contributed by atoms with Gasteiger partial charge in [-0.05, 0) is 26.0 Å². The van der Waals surface area contributed by atoms with Crippen molar-refractivity contribution in [2.75, 3.05) is 0 Å². The summed E-state index contributed by atoms with van der Waals surface area (Å²) in [7, 11) is 0. The van der Waals surface area contributed by atoms with Crippen molar-refractivity contribution in [3.63, 3.8) is 0 Å². The lowest BCUT2D eigenvalue weighted by atomic mass is 10.2. The second-order valence-electron chi connectivity index (χ2n) is 4.32. The highest BCUT2D eigenvalue weighted by Crippen LogP contribution is 2.37. The Labute approximate surface area is 107 Å². The molecular formula is C12H10N2OS2. The number of aromatic nitrogens is 1. The molecule has 1 aliphatic rings. The minimum atomic E-state index is -0.451. The van der Waals surface area contributed by atoms with Crippen LogP contribution in [-0.4, -0.2) is 20.7 Å². The fourth-order valence-corrected chi connectivity index (χ4v) is 3.57. The highest BCUT2D eigenvalue weighted by atomic mass is 32.2. The standard InChI is InChI=1S/C12H10N2OS2/c1-12(2)11(15)14-10(17-12)9-13-7-5-3-4-6-8(7)16-9/h3-6H,1-2H3. The van der Waals surface area contributed by atoms with Crippen LogP contribution in [0.4, 0.5) is 0 Å². The third kappa shape index (κ3) is 1.79. The average molecular weight is 262 g/mol. The summed E-state index contributed by atoms with van der Waals surface area (Å²) in [6.45, 7) is 3.79. The van der Waals surface area contributed by atoms with Crippen LogP contribution in [0.25, 0.3) is 10.2 Å². The van der Waals surface area contributed by atoms with Crippen molar-refractivity contribution in [2.45, 2.75) is 18.6 Å². The van der Waals surface area contributed by atoms with Crippen LogP contribution in [0.2, 0.25) is 0 Å². The van der Waals surface area contributed by atoms with E-state index >= 15 is 0 Å². The number of carbonyl (C=O) groups excluding carboxylic acids is 1. The second-order valence-corrected chi connectivity index (χ2v) is 6.96. The molecule has 0 atom stereocenters. The first kappa shape index (κ1) is 10.9. The summed E-state index contributed by atoms with van der Waals surface area (Å²) >= 11 is 3.08. The molecule has 0 N–H and O–H groups in total. The maximum Gasteiger partial charge on any atom is 0.262 e. The molecule has 0 saturated heterocycles. The molecule has 1 amide bonds. The molecule has 1 aromatic carbocycles. The molecule has 86 valence electrons. The molecular weight excluding hydrogens is 252 g/mol. The number of aliphatic imine (C=N–C) groups is 1. The SMILES string of the molecule is CC1(C)SC(c2nc3ccccc3s2)=NC1=O. The molecule has 17 heavy (non-hydrogen) atoms. The summed E-state index contributed by atoms with van der Waals surface area (Å²) in [5, 5.41) is 1.59. The van der Waals surface area contributed by atoms with Gasteiger partial charge >= 0.3 is 0 Å². The van der Waals surface area contributed by atoms with Crippen LogP contribution in [0, 0.1) is 0 Å². The van der Waals surface area contributed by atoms with Gasteiger partial charge in [-0.25, -0.2) is 9.98 Å². The van der Waals surface area contributed by atoms with Crippen LogP contribution in [0.1, 0.15) is 18.9 Å². The second kappa shape index (κ2) is 3.65. The fraction of sp³-hybridized carbons (Fsp3) is 0.250. The number of carbonyl (C=O) groups is 1. The van der Waals surface area contributed by atoms with Crippen molar-refractivity contribution < 1.29 is 4.79 Å². The monoisotopic (exact) mass is 262 g/mol. The lowest BCUT2D eigenvalue weighted by molar-refractivity contribution is -0.119. The largest absolute Gasteiger partial charge is 0.271 e. The summed E-state index contributed by atoms with van der Waals surface area (Å²) in [5.41, 5.74) is 0.966. The lowest BCUT2D eigenvalue weighted by Gasteiger charge is -2.10. The van der Waals surface area contributed by atoms with E-state index in [-0.39, 0.29) is 5.91 Å². The molecule has 0 fully saturated rings. The van der Waals surface area contributed by atoms with Gasteiger partial charge in [0.25, 0.3) is 5.91 Å². The smallest absolute Gasteiger partial charge is 0.262 e. The molecule has 2 aromatic rings. The Morgan fingerprint density at radius 1 is 1.24 bits per heavy atom. The number of fused-ring (bicyclic) bond motifs is 1. The maximum atomic E-state index is 11.7. The van der Waals surface area contributed by atoms with Crippen molar-refractivity contribution >= 4 is 44.3 Å². The topological polar surface area (TPSA) is 42.3 Å². The number of hydrogen-bond acceptors (Lipinski definition) is 4. The molecule has 5 heteroatoms. The summed E-state index contributed by atoms with van der Waals surface area (Å²) in [6, 6.07) is 7.96. The zero-order chi connectivity index (χ0) is 12.0. The van der Waals surface area contributed by atoms with Crippen molar-refractivity contribution in [1.29, 1.82) is 0 Å². The van der Waals surface area contributed by atoms with Crippen molar-refractivity contribution in [3.8, 4) is 0 Å². The van der Waals surface area contributed by atoms with E-state index in [0.717, 1.165) is 20.3 Å². The number of thiazole rings is 1. The number of para-hydroxylation sites is 1. The molecule has 0 bridgehead atoms. The Balaban J connectivity index is 2.06. The molecule has 1 aromatic heterocycles. The van der Waals surface area contributed by atoms with Gasteiger partial charge in [-0.15, -0.1) is 11.3 Å². The number of nitrogens with zero attached hydrogens (tertiary/aromatic N) is 2. The van der Waals surface area contributed by atoms with Gasteiger partial charge in [0.1, 0.15) is 10.1 Å². The van der Waals surface area contributed by atoms with Crippen LogP contribution >= 0.6 is 23.1 Å². The minimum Gasteiger partial charge on any atom is -0.271 e. The number of rotatable bonds is 1. The van der Waals surface area contributed by atoms with Crippen LogP contribution in [0.15, 0.2) is 29.3 Å². The van der Waals surface area contributed by atoms with Crippen LogP contribution in [-0.2, 0) is 4.79 Å². The maximum absolute atomic E-state index is 11.7. The predicted octanol–water partition coefficient (Wildman–Crippen LogP) is 3.09. The number of benzene rings is 1. The Morgan fingerprint density at radius 3 is 2.65 bits per heavy atom. The van der Waals surface area contributed by atoms with Crippen molar-refractivity contribution in [1.82, 2.24) is 4.98 Å². The van der Waals surface area contributed by atoms with Gasteiger partial charge in [0, 0.05) is 0 Å². The summed E-state index contributed by atoms with van der Waals surface area (Å²) in [4.78, 5) is 20.3. The lowest BCUT2D eigenvalue weighted by Crippen LogP contribution is -2.21. The molecule has 1 aliphatic heterocycles. The molecule has 0 radical (unpaired) electrons. The normalized spacial score (nSPS) is 18.7. The molecule has 0 spiro atoms. The Kier molecular flexibility index (Phi) is 2.34. The van der Waals surface area contributed by atoms with Gasteiger partial charge in [-0.1, -0.05) is 23.9 Å². The molecule has 0 saturated carbocycles. The quantitative estimate of drug-likeness (QED) is 0.793. The first-order valence-corrected chi connectivity index (χ1v) is 6.88. The third-order valence-electron chi connectivity index (χ3n) is 2.55. The predicted molar refractivity (Wildman–Crippen MR) is 72.8 cm³/mol. The number of thioether (sulfide) groups is 1. The van der Waals surface area contributed by atoms with E-state index in [4.69, 9.17) is 0 Å². The van der Waals surface area contributed by atoms with Gasteiger partial charge in [0.05, 0.1) is 15.0 Å². The van der Waals surface area contributed by atoms with E-state index < -0.39 is 4.75 Å². The highest BCUT2D eigenvalue weighted by Gasteiger charge is 2.37. The molecule has 2 heterocycles. The number of amides is 1. The first-order chi connectivity index (χ1) is 8.06. The Morgan fingerprint density at radius 2 is 2.00 bits per heavy atom. The fourth-order valence-electron chi connectivity index (χ4n) is 1.59. The number of hydrogen-bond donors (Lipinski definition) is 0. The van der Waals surface area contributed by atoms with E-state index in [2.05, 4.69) is 9.98 Å². The van der Waals surface area contributed by atoms with Crippen molar-refractivity contribution in [2.24, 2.45) is 4.99 Å². The zero-order valence-electron chi connectivity index (χ0n) is 9.43. The first-order valence-electron chi connectivity index (χ1n) is 5.24.